The average Bonchev–Trinajstić information content (AvgIpc) is 2.73. The molecule has 0 radical (unpaired) electrons. The molecule has 1 aliphatic rings. The van der Waals surface area contributed by atoms with Crippen molar-refractivity contribution in [1.29, 1.82) is 0 Å². The molecule has 0 saturated carbocycles. The molecule has 1 unspecified atom stereocenters. The van der Waals surface area contributed by atoms with Gasteiger partial charge in [-0.3, -0.25) is 4.79 Å². The van der Waals surface area contributed by atoms with E-state index in [4.69, 9.17) is 0 Å². The van der Waals surface area contributed by atoms with Crippen molar-refractivity contribution in [2.24, 2.45) is 0 Å². The highest BCUT2D eigenvalue weighted by atomic mass is 127. The Morgan fingerprint density at radius 2 is 2.00 bits per heavy atom. The molecular formula is C14H18IN3O2. The lowest BCUT2D eigenvalue weighted by Gasteiger charge is -2.21. The van der Waals surface area contributed by atoms with Crippen LogP contribution in [0.15, 0.2) is 24.3 Å². The van der Waals surface area contributed by atoms with E-state index in [-0.39, 0.29) is 24.0 Å². The summed E-state index contributed by atoms with van der Waals surface area (Å²) < 4.78 is 1.11. The lowest BCUT2D eigenvalue weighted by Crippen LogP contribution is -2.40. The van der Waals surface area contributed by atoms with E-state index in [0.717, 1.165) is 9.26 Å². The van der Waals surface area contributed by atoms with Crippen molar-refractivity contribution in [2.45, 2.75) is 32.4 Å². The number of hydrogen-bond donors (Lipinski definition) is 2. The van der Waals surface area contributed by atoms with E-state index >= 15 is 0 Å². The summed E-state index contributed by atoms with van der Waals surface area (Å²) in [7, 11) is 0. The summed E-state index contributed by atoms with van der Waals surface area (Å²) >= 11 is 2.21. The zero-order valence-electron chi connectivity index (χ0n) is 11.5. The van der Waals surface area contributed by atoms with Gasteiger partial charge in [-0.15, -0.1) is 0 Å². The normalized spacial score (nSPS) is 18.5. The summed E-state index contributed by atoms with van der Waals surface area (Å²) in [6.45, 7) is 4.54. The van der Waals surface area contributed by atoms with Crippen LogP contribution in [0, 0.1) is 3.57 Å². The van der Waals surface area contributed by atoms with Gasteiger partial charge in [0, 0.05) is 28.3 Å². The van der Waals surface area contributed by atoms with Crippen molar-refractivity contribution < 1.29 is 9.59 Å². The van der Waals surface area contributed by atoms with Crippen molar-refractivity contribution in [2.75, 3.05) is 11.9 Å². The minimum Gasteiger partial charge on any atom is -0.338 e. The van der Waals surface area contributed by atoms with Crippen LogP contribution >= 0.6 is 22.6 Å². The maximum atomic E-state index is 11.9. The number of benzene rings is 1. The number of nitrogens with zero attached hydrogens (tertiary/aromatic N) is 1. The summed E-state index contributed by atoms with van der Waals surface area (Å²) in [6, 6.07) is 7.34. The molecule has 0 bridgehead atoms. The Labute approximate surface area is 132 Å². The smallest absolute Gasteiger partial charge is 0.319 e. The van der Waals surface area contributed by atoms with Crippen LogP contribution in [-0.4, -0.2) is 35.5 Å². The summed E-state index contributed by atoms with van der Waals surface area (Å²) in [4.78, 5) is 25.4. The van der Waals surface area contributed by atoms with Gasteiger partial charge >= 0.3 is 6.03 Å². The molecule has 0 spiro atoms. The Hall–Kier alpha value is -1.31. The molecule has 5 nitrogen and oxygen atoms in total. The van der Waals surface area contributed by atoms with Crippen LogP contribution in [0.5, 0.6) is 0 Å². The van der Waals surface area contributed by atoms with Gasteiger partial charge in [0.25, 0.3) is 0 Å². The highest BCUT2D eigenvalue weighted by molar-refractivity contribution is 14.1. The number of likely N-dealkylation sites (tertiary alicyclic amines) is 1. The number of carbonyl (C=O) groups excluding carboxylic acids is 2. The van der Waals surface area contributed by atoms with Crippen LogP contribution in [-0.2, 0) is 4.79 Å². The van der Waals surface area contributed by atoms with E-state index in [1.807, 2.05) is 38.1 Å². The lowest BCUT2D eigenvalue weighted by molar-refractivity contribution is -0.129. The van der Waals surface area contributed by atoms with E-state index in [1.165, 1.54) is 0 Å². The van der Waals surface area contributed by atoms with Gasteiger partial charge in [0.05, 0.1) is 6.04 Å². The molecule has 20 heavy (non-hydrogen) atoms. The fourth-order valence-corrected chi connectivity index (χ4v) is 2.57. The van der Waals surface area contributed by atoms with E-state index in [1.54, 1.807) is 4.90 Å². The molecule has 1 aromatic rings. The maximum absolute atomic E-state index is 11.9. The standard InChI is InChI=1S/C14H18IN3O2/c1-9(2)18-8-12(7-13(18)19)17-14(20)16-11-5-3-10(15)4-6-11/h3-6,9,12H,7-8H2,1-2H3,(H2,16,17,20). The molecule has 1 atom stereocenters. The first kappa shape index (κ1) is 15.1. The summed E-state index contributed by atoms with van der Waals surface area (Å²) in [5.41, 5.74) is 0.743. The monoisotopic (exact) mass is 387 g/mol. The number of rotatable bonds is 3. The highest BCUT2D eigenvalue weighted by Crippen LogP contribution is 2.15. The summed E-state index contributed by atoms with van der Waals surface area (Å²) in [5.74, 6) is 0.0968. The minimum atomic E-state index is -0.269. The van der Waals surface area contributed by atoms with Crippen LogP contribution in [0.2, 0.25) is 0 Å². The quantitative estimate of drug-likeness (QED) is 0.783. The summed E-state index contributed by atoms with van der Waals surface area (Å²) in [6.07, 6.45) is 0.373. The first-order chi connectivity index (χ1) is 9.45. The van der Waals surface area contributed by atoms with E-state index < -0.39 is 0 Å². The van der Waals surface area contributed by atoms with Gasteiger partial charge in [0.1, 0.15) is 0 Å². The number of anilines is 1. The number of amides is 3. The first-order valence-electron chi connectivity index (χ1n) is 6.58. The third kappa shape index (κ3) is 3.84. The second kappa shape index (κ2) is 6.43. The first-order valence-corrected chi connectivity index (χ1v) is 7.66. The second-order valence-electron chi connectivity index (χ2n) is 5.15. The predicted octanol–water partition coefficient (Wildman–Crippen LogP) is 2.42. The van der Waals surface area contributed by atoms with E-state index in [0.29, 0.717) is 13.0 Å². The fourth-order valence-electron chi connectivity index (χ4n) is 2.21. The number of urea groups is 1. The van der Waals surface area contributed by atoms with Crippen LogP contribution in [0.4, 0.5) is 10.5 Å². The SMILES string of the molecule is CC(C)N1CC(NC(=O)Nc2ccc(I)cc2)CC1=O. The van der Waals surface area contributed by atoms with Crippen molar-refractivity contribution >= 4 is 40.2 Å². The van der Waals surface area contributed by atoms with Gasteiger partial charge in [-0.25, -0.2) is 4.79 Å². The number of nitrogens with one attached hydrogen (secondary N) is 2. The van der Waals surface area contributed by atoms with E-state index in [2.05, 4.69) is 33.2 Å². The maximum Gasteiger partial charge on any atom is 0.319 e. The number of hydrogen-bond acceptors (Lipinski definition) is 2. The molecule has 1 saturated heterocycles. The molecule has 1 aliphatic heterocycles. The lowest BCUT2D eigenvalue weighted by atomic mass is 10.2. The zero-order valence-corrected chi connectivity index (χ0v) is 13.7. The van der Waals surface area contributed by atoms with Crippen LogP contribution in [0.25, 0.3) is 0 Å². The summed E-state index contributed by atoms with van der Waals surface area (Å²) in [5, 5.41) is 5.61. The average molecular weight is 387 g/mol. The van der Waals surface area contributed by atoms with Gasteiger partial charge in [-0.2, -0.15) is 0 Å². The fraction of sp³-hybridized carbons (Fsp3) is 0.429. The Bertz CT molecular complexity index is 502. The van der Waals surface area contributed by atoms with Crippen molar-refractivity contribution in [3.8, 4) is 0 Å². The van der Waals surface area contributed by atoms with Gasteiger partial charge in [0.15, 0.2) is 0 Å². The Morgan fingerprint density at radius 1 is 1.35 bits per heavy atom. The van der Waals surface area contributed by atoms with Crippen molar-refractivity contribution in [3.05, 3.63) is 27.8 Å². The second-order valence-corrected chi connectivity index (χ2v) is 6.39. The topological polar surface area (TPSA) is 61.4 Å². The van der Waals surface area contributed by atoms with E-state index in [9.17, 15) is 9.59 Å². The third-order valence-corrected chi connectivity index (χ3v) is 3.94. The Balaban J connectivity index is 1.86. The third-order valence-electron chi connectivity index (χ3n) is 3.22. The highest BCUT2D eigenvalue weighted by Gasteiger charge is 2.31. The zero-order chi connectivity index (χ0) is 14.7. The molecule has 0 aliphatic carbocycles. The molecule has 2 rings (SSSR count). The minimum absolute atomic E-state index is 0.0968. The number of carbonyl (C=O) groups is 2. The number of halogens is 1. The molecule has 1 heterocycles. The van der Waals surface area contributed by atoms with Crippen molar-refractivity contribution in [3.63, 3.8) is 0 Å². The van der Waals surface area contributed by atoms with Crippen LogP contribution < -0.4 is 10.6 Å². The molecule has 6 heteroatoms. The van der Waals surface area contributed by atoms with Crippen LogP contribution in [0.1, 0.15) is 20.3 Å². The van der Waals surface area contributed by atoms with Gasteiger partial charge in [0.2, 0.25) is 5.91 Å². The molecular weight excluding hydrogens is 369 g/mol. The molecule has 2 N–H and O–H groups in total. The van der Waals surface area contributed by atoms with Crippen LogP contribution in [0.3, 0.4) is 0 Å². The molecule has 1 fully saturated rings. The molecule has 3 amide bonds. The van der Waals surface area contributed by atoms with Gasteiger partial charge < -0.3 is 15.5 Å². The predicted molar refractivity (Wildman–Crippen MR) is 86.6 cm³/mol. The van der Waals surface area contributed by atoms with Gasteiger partial charge in [-0.1, -0.05) is 0 Å². The van der Waals surface area contributed by atoms with Gasteiger partial charge in [-0.05, 0) is 60.7 Å². The Morgan fingerprint density at radius 3 is 2.55 bits per heavy atom. The molecule has 1 aromatic carbocycles. The largest absolute Gasteiger partial charge is 0.338 e. The Kier molecular flexibility index (Phi) is 4.85. The molecule has 0 aromatic heterocycles. The van der Waals surface area contributed by atoms with Crippen molar-refractivity contribution in [1.82, 2.24) is 10.2 Å². The molecule has 108 valence electrons.